The van der Waals surface area contributed by atoms with Crippen LogP contribution in [-0.4, -0.2) is 55.8 Å². The normalized spacial score (nSPS) is 14.8. The van der Waals surface area contributed by atoms with E-state index in [4.69, 9.17) is 14.2 Å². The van der Waals surface area contributed by atoms with Gasteiger partial charge in [-0.15, -0.1) is 11.3 Å². The van der Waals surface area contributed by atoms with Crippen LogP contribution in [0, 0.1) is 5.92 Å². The number of para-hydroxylation sites is 1. The molecule has 1 unspecified atom stereocenters. The largest absolute Gasteiger partial charge is 0.493 e. The first-order valence-corrected chi connectivity index (χ1v) is 14.6. The van der Waals surface area contributed by atoms with Crippen LogP contribution < -0.4 is 19.7 Å². The summed E-state index contributed by atoms with van der Waals surface area (Å²) < 4.78 is 17.5. The van der Waals surface area contributed by atoms with Crippen LogP contribution >= 0.6 is 11.3 Å². The molecular formula is C32H39N3O5S. The van der Waals surface area contributed by atoms with Crippen molar-refractivity contribution in [3.63, 3.8) is 0 Å². The quantitative estimate of drug-likeness (QED) is 0.274. The molecule has 1 aromatic heterocycles. The van der Waals surface area contributed by atoms with Gasteiger partial charge >= 0.3 is 6.09 Å². The second kappa shape index (κ2) is 13.6. The van der Waals surface area contributed by atoms with Crippen LogP contribution in [0.5, 0.6) is 11.5 Å². The highest BCUT2D eigenvalue weighted by atomic mass is 32.1. The number of carbonyl (C=O) groups excluding carboxylic acids is 2. The van der Waals surface area contributed by atoms with Gasteiger partial charge < -0.3 is 29.3 Å². The maximum Gasteiger partial charge on any atom is 0.410 e. The van der Waals surface area contributed by atoms with E-state index in [0.717, 1.165) is 34.0 Å². The molecular weight excluding hydrogens is 538 g/mol. The predicted molar refractivity (Wildman–Crippen MR) is 165 cm³/mol. The predicted octanol–water partition coefficient (Wildman–Crippen LogP) is 6.68. The van der Waals surface area contributed by atoms with Crippen LogP contribution in [0.25, 0.3) is 6.08 Å². The monoisotopic (exact) mass is 577 g/mol. The van der Waals surface area contributed by atoms with Crippen molar-refractivity contribution in [1.82, 2.24) is 4.90 Å². The first-order chi connectivity index (χ1) is 19.6. The number of benzene rings is 2. The van der Waals surface area contributed by atoms with Crippen LogP contribution in [0.15, 0.2) is 66.6 Å². The van der Waals surface area contributed by atoms with E-state index >= 15 is 0 Å². The number of nitrogens with zero attached hydrogens (tertiary/aromatic N) is 2. The van der Waals surface area contributed by atoms with Crippen LogP contribution in [-0.2, 0) is 16.1 Å². The molecule has 0 saturated carbocycles. The zero-order valence-corrected chi connectivity index (χ0v) is 25.0. The zero-order chi connectivity index (χ0) is 29.4. The number of hydrogen-bond donors (Lipinski definition) is 1. The summed E-state index contributed by atoms with van der Waals surface area (Å²) in [6.45, 7) is 11.8. The first-order valence-electron chi connectivity index (χ1n) is 13.7. The number of amides is 2. The van der Waals surface area contributed by atoms with Crippen molar-refractivity contribution < 1.29 is 23.8 Å². The lowest BCUT2D eigenvalue weighted by Gasteiger charge is -2.24. The zero-order valence-electron chi connectivity index (χ0n) is 24.2. The smallest absolute Gasteiger partial charge is 0.410 e. The maximum atomic E-state index is 12.8. The van der Waals surface area contributed by atoms with Gasteiger partial charge in [0.1, 0.15) is 23.7 Å². The Kier molecular flexibility index (Phi) is 9.94. The van der Waals surface area contributed by atoms with Gasteiger partial charge in [-0.25, -0.2) is 4.79 Å². The molecule has 9 heteroatoms. The van der Waals surface area contributed by atoms with E-state index in [9.17, 15) is 9.59 Å². The molecule has 0 aliphatic carbocycles. The van der Waals surface area contributed by atoms with Crippen molar-refractivity contribution in [3.05, 3.63) is 77.0 Å². The molecule has 2 heterocycles. The lowest BCUT2D eigenvalue weighted by atomic mass is 10.1. The summed E-state index contributed by atoms with van der Waals surface area (Å²) in [4.78, 5) is 29.8. The van der Waals surface area contributed by atoms with E-state index in [1.807, 2.05) is 92.7 Å². The van der Waals surface area contributed by atoms with E-state index in [2.05, 4.69) is 11.9 Å². The average molecular weight is 578 g/mol. The van der Waals surface area contributed by atoms with Gasteiger partial charge in [-0.1, -0.05) is 30.9 Å². The molecule has 0 spiro atoms. The van der Waals surface area contributed by atoms with Gasteiger partial charge in [-0.3, -0.25) is 4.79 Å². The third-order valence-corrected chi connectivity index (χ3v) is 7.49. The molecule has 1 N–H and O–H groups in total. The summed E-state index contributed by atoms with van der Waals surface area (Å²) in [7, 11) is 1.89. The second-order valence-electron chi connectivity index (χ2n) is 11.1. The summed E-state index contributed by atoms with van der Waals surface area (Å²) in [5, 5.41) is 5.00. The molecule has 3 aromatic rings. The van der Waals surface area contributed by atoms with Gasteiger partial charge in [0.2, 0.25) is 5.91 Å². The Labute approximate surface area is 246 Å². The highest BCUT2D eigenvalue weighted by molar-refractivity contribution is 7.11. The molecule has 1 aliphatic heterocycles. The number of likely N-dealkylation sites (N-methyl/N-ethyl adjacent to an activating group) is 1. The number of thiophene rings is 1. The summed E-state index contributed by atoms with van der Waals surface area (Å²) in [5.74, 6) is 1.60. The van der Waals surface area contributed by atoms with E-state index < -0.39 is 5.60 Å². The summed E-state index contributed by atoms with van der Waals surface area (Å²) in [5.41, 5.74) is 2.08. The fourth-order valence-corrected chi connectivity index (χ4v) is 5.29. The number of carbonyl (C=O) groups is 2. The number of likely N-dealkylation sites (tertiary alicyclic amines) is 1. The lowest BCUT2D eigenvalue weighted by molar-refractivity contribution is -0.114. The van der Waals surface area contributed by atoms with Crippen molar-refractivity contribution >= 4 is 40.8 Å². The molecule has 218 valence electrons. The Bertz CT molecular complexity index is 1330. The molecule has 4 rings (SSSR count). The van der Waals surface area contributed by atoms with E-state index in [0.29, 0.717) is 32.1 Å². The van der Waals surface area contributed by atoms with Gasteiger partial charge in [-0.05, 0) is 69.0 Å². The second-order valence-corrected chi connectivity index (χ2v) is 12.0. The Morgan fingerprint density at radius 1 is 1.10 bits per heavy atom. The fraction of sp³-hybridized carbons (Fsp3) is 0.375. The van der Waals surface area contributed by atoms with E-state index in [1.165, 1.54) is 0 Å². The Balaban J connectivity index is 1.24. The van der Waals surface area contributed by atoms with Crippen molar-refractivity contribution in [3.8, 4) is 11.5 Å². The third kappa shape index (κ3) is 8.75. The van der Waals surface area contributed by atoms with Gasteiger partial charge in [-0.2, -0.15) is 0 Å². The molecule has 1 saturated heterocycles. The lowest BCUT2D eigenvalue weighted by Crippen LogP contribution is -2.35. The molecule has 8 nitrogen and oxygen atoms in total. The Hall–Kier alpha value is -3.98. The minimum Gasteiger partial charge on any atom is -0.493 e. The SMILES string of the molecule is C=Cc1sccc1N(C)CC(=O)Nc1ccccc1COc1ccc(OCC2CCN(C(=O)OC(C)(C)C)C2)cc1. The minimum atomic E-state index is -0.497. The van der Waals surface area contributed by atoms with Gasteiger partial charge in [0, 0.05) is 42.2 Å². The molecule has 0 radical (unpaired) electrons. The standard InChI is InChI=1S/C32H39N3O5S/c1-6-29-28(16-18-41-29)34(5)20-30(36)33-27-10-8-7-9-24(27)22-39-26-13-11-25(12-14-26)38-21-23-15-17-35(19-23)31(37)40-32(2,3)4/h6-14,16,18,23H,1,15,17,19-22H2,2-5H3,(H,33,36). The molecule has 1 atom stereocenters. The number of rotatable bonds is 11. The van der Waals surface area contributed by atoms with Crippen molar-refractivity contribution in [2.45, 2.75) is 39.4 Å². The molecule has 0 bridgehead atoms. The van der Waals surface area contributed by atoms with Crippen molar-refractivity contribution in [2.24, 2.45) is 5.92 Å². The number of ether oxygens (including phenoxy) is 3. The molecule has 2 aromatic carbocycles. The van der Waals surface area contributed by atoms with Crippen LogP contribution in [0.4, 0.5) is 16.2 Å². The number of anilines is 2. The minimum absolute atomic E-state index is 0.112. The summed E-state index contributed by atoms with van der Waals surface area (Å²) >= 11 is 1.59. The third-order valence-electron chi connectivity index (χ3n) is 6.58. The topological polar surface area (TPSA) is 80.3 Å². The van der Waals surface area contributed by atoms with Gasteiger partial charge in [0.25, 0.3) is 0 Å². The van der Waals surface area contributed by atoms with E-state index in [1.54, 1.807) is 22.3 Å². The number of nitrogens with one attached hydrogen (secondary N) is 1. The Morgan fingerprint density at radius 2 is 1.80 bits per heavy atom. The molecule has 1 fully saturated rings. The van der Waals surface area contributed by atoms with Crippen LogP contribution in [0.3, 0.4) is 0 Å². The summed E-state index contributed by atoms with van der Waals surface area (Å²) in [6.07, 6.45) is 2.42. The van der Waals surface area contributed by atoms with Crippen molar-refractivity contribution in [1.29, 1.82) is 0 Å². The van der Waals surface area contributed by atoms with Crippen molar-refractivity contribution in [2.75, 3.05) is 43.5 Å². The molecule has 1 aliphatic rings. The highest BCUT2D eigenvalue weighted by Crippen LogP contribution is 2.27. The maximum absolute atomic E-state index is 12.8. The van der Waals surface area contributed by atoms with Gasteiger partial charge in [0.15, 0.2) is 0 Å². The van der Waals surface area contributed by atoms with Gasteiger partial charge in [0.05, 0.1) is 18.8 Å². The molecule has 41 heavy (non-hydrogen) atoms. The first kappa shape index (κ1) is 30.0. The Morgan fingerprint density at radius 3 is 2.51 bits per heavy atom. The summed E-state index contributed by atoms with van der Waals surface area (Å²) in [6, 6.07) is 17.1. The van der Waals surface area contributed by atoms with E-state index in [-0.39, 0.29) is 24.5 Å². The number of hydrogen-bond acceptors (Lipinski definition) is 7. The highest BCUT2D eigenvalue weighted by Gasteiger charge is 2.30. The van der Waals surface area contributed by atoms with Crippen LogP contribution in [0.1, 0.15) is 37.6 Å². The van der Waals surface area contributed by atoms with Crippen LogP contribution in [0.2, 0.25) is 0 Å². The fourth-order valence-electron chi connectivity index (χ4n) is 4.51. The molecule has 2 amide bonds. The average Bonchev–Trinajstić information content (AvgIpc) is 3.61.